The van der Waals surface area contributed by atoms with Crippen LogP contribution in [0.2, 0.25) is 0 Å². The molecule has 2 aromatic rings. The van der Waals surface area contributed by atoms with E-state index < -0.39 is 10.0 Å². The molecule has 3 rings (SSSR count). The average Bonchev–Trinajstić information content (AvgIpc) is 2.98. The number of benzene rings is 1. The number of piperidine rings is 1. The van der Waals surface area contributed by atoms with Crippen molar-refractivity contribution in [1.82, 2.24) is 9.62 Å². The second-order valence-corrected chi connectivity index (χ2v) is 9.25. The highest BCUT2D eigenvalue weighted by molar-refractivity contribution is 7.91. The SMILES string of the molecule is Cc1ccc(S(=O)(=O)NC2CCN(Cc3ccccc3)CC2)s1.Cl. The van der Waals surface area contributed by atoms with Crippen molar-refractivity contribution in [2.24, 2.45) is 0 Å². The van der Waals surface area contributed by atoms with Gasteiger partial charge >= 0.3 is 0 Å². The molecule has 1 aliphatic rings. The van der Waals surface area contributed by atoms with Gasteiger partial charge in [-0.25, -0.2) is 13.1 Å². The van der Waals surface area contributed by atoms with E-state index >= 15 is 0 Å². The molecule has 1 saturated heterocycles. The smallest absolute Gasteiger partial charge is 0.250 e. The van der Waals surface area contributed by atoms with Gasteiger partial charge in [-0.05, 0) is 37.5 Å². The van der Waals surface area contributed by atoms with Crippen LogP contribution in [0.1, 0.15) is 23.3 Å². The van der Waals surface area contributed by atoms with Crippen molar-refractivity contribution in [1.29, 1.82) is 0 Å². The summed E-state index contributed by atoms with van der Waals surface area (Å²) in [5, 5.41) is 0. The van der Waals surface area contributed by atoms with E-state index in [9.17, 15) is 8.42 Å². The fraction of sp³-hybridized carbons (Fsp3) is 0.412. The van der Waals surface area contributed by atoms with E-state index in [2.05, 4.69) is 33.9 Å². The van der Waals surface area contributed by atoms with Crippen molar-refractivity contribution in [2.75, 3.05) is 13.1 Å². The van der Waals surface area contributed by atoms with Crippen LogP contribution in [-0.2, 0) is 16.6 Å². The fourth-order valence-electron chi connectivity index (χ4n) is 2.88. The lowest BCUT2D eigenvalue weighted by molar-refractivity contribution is 0.200. The maximum Gasteiger partial charge on any atom is 0.250 e. The molecule has 1 aliphatic heterocycles. The van der Waals surface area contributed by atoms with E-state index in [0.29, 0.717) is 4.21 Å². The molecule has 1 aromatic heterocycles. The Bertz CT molecular complexity index is 739. The number of hydrogen-bond donors (Lipinski definition) is 1. The highest BCUT2D eigenvalue weighted by Crippen LogP contribution is 2.22. The van der Waals surface area contributed by atoms with E-state index in [0.717, 1.165) is 37.4 Å². The summed E-state index contributed by atoms with van der Waals surface area (Å²) in [4.78, 5) is 3.40. The maximum atomic E-state index is 12.4. The molecule has 1 N–H and O–H groups in total. The summed E-state index contributed by atoms with van der Waals surface area (Å²) in [6, 6.07) is 14.0. The van der Waals surface area contributed by atoms with Gasteiger partial charge in [-0.1, -0.05) is 30.3 Å². The molecule has 0 amide bonds. The molecule has 24 heavy (non-hydrogen) atoms. The summed E-state index contributed by atoms with van der Waals surface area (Å²) < 4.78 is 28.0. The number of halogens is 1. The van der Waals surface area contributed by atoms with Gasteiger partial charge in [0, 0.05) is 30.6 Å². The third-order valence-corrected chi connectivity index (χ3v) is 7.15. The monoisotopic (exact) mass is 386 g/mol. The van der Waals surface area contributed by atoms with Crippen LogP contribution in [0.25, 0.3) is 0 Å². The standard InChI is InChI=1S/C17H22N2O2S2.ClH/c1-14-7-8-17(22-14)23(20,21)18-16-9-11-19(12-10-16)13-15-5-3-2-4-6-15;/h2-8,16,18H,9-13H2,1H3;1H. The molecule has 0 unspecified atom stereocenters. The first kappa shape index (κ1) is 19.4. The summed E-state index contributed by atoms with van der Waals surface area (Å²) >= 11 is 1.32. The Morgan fingerprint density at radius 3 is 2.38 bits per heavy atom. The molecule has 0 aliphatic carbocycles. The molecule has 1 fully saturated rings. The molecule has 7 heteroatoms. The van der Waals surface area contributed by atoms with Crippen molar-refractivity contribution < 1.29 is 8.42 Å². The van der Waals surface area contributed by atoms with Crippen molar-refractivity contribution in [3.05, 3.63) is 52.9 Å². The number of thiophene rings is 1. The first-order valence-electron chi connectivity index (χ1n) is 7.88. The molecule has 1 aromatic carbocycles. The highest BCUT2D eigenvalue weighted by Gasteiger charge is 2.25. The van der Waals surface area contributed by atoms with Gasteiger partial charge < -0.3 is 0 Å². The molecule has 0 saturated carbocycles. The number of sulfonamides is 1. The Morgan fingerprint density at radius 2 is 1.79 bits per heavy atom. The Hall–Kier alpha value is -0.920. The van der Waals surface area contributed by atoms with E-state index in [-0.39, 0.29) is 18.4 Å². The highest BCUT2D eigenvalue weighted by atomic mass is 35.5. The topological polar surface area (TPSA) is 49.4 Å². The minimum atomic E-state index is -3.37. The van der Waals surface area contributed by atoms with Crippen LogP contribution in [0.5, 0.6) is 0 Å². The van der Waals surface area contributed by atoms with Crippen molar-refractivity contribution >= 4 is 33.8 Å². The molecule has 2 heterocycles. The number of rotatable bonds is 5. The summed E-state index contributed by atoms with van der Waals surface area (Å²) in [7, 11) is -3.37. The Kier molecular flexibility index (Phi) is 6.83. The first-order chi connectivity index (χ1) is 11.0. The van der Waals surface area contributed by atoms with Crippen LogP contribution >= 0.6 is 23.7 Å². The zero-order chi connectivity index (χ0) is 16.3. The normalized spacial score (nSPS) is 16.7. The van der Waals surface area contributed by atoms with Crippen molar-refractivity contribution in [3.63, 3.8) is 0 Å². The van der Waals surface area contributed by atoms with Crippen molar-refractivity contribution in [3.8, 4) is 0 Å². The molecule has 132 valence electrons. The lowest BCUT2D eigenvalue weighted by Gasteiger charge is -2.32. The summed E-state index contributed by atoms with van der Waals surface area (Å²) in [5.41, 5.74) is 1.31. The van der Waals surface area contributed by atoms with Gasteiger partial charge in [-0.15, -0.1) is 23.7 Å². The lowest BCUT2D eigenvalue weighted by Crippen LogP contribution is -2.44. The van der Waals surface area contributed by atoms with E-state index in [4.69, 9.17) is 0 Å². The predicted octanol–water partition coefficient (Wildman–Crippen LogP) is 3.42. The molecule has 0 radical (unpaired) electrons. The Labute approximate surface area is 154 Å². The maximum absolute atomic E-state index is 12.4. The largest absolute Gasteiger partial charge is 0.299 e. The number of aryl methyl sites for hydroxylation is 1. The van der Waals surface area contributed by atoms with E-state index in [1.165, 1.54) is 16.9 Å². The van der Waals surface area contributed by atoms with E-state index in [1.54, 1.807) is 6.07 Å². The van der Waals surface area contributed by atoms with Gasteiger partial charge in [-0.3, -0.25) is 4.90 Å². The average molecular weight is 387 g/mol. The number of likely N-dealkylation sites (tertiary alicyclic amines) is 1. The lowest BCUT2D eigenvalue weighted by atomic mass is 10.1. The van der Waals surface area contributed by atoms with Crippen LogP contribution in [-0.4, -0.2) is 32.4 Å². The quantitative estimate of drug-likeness (QED) is 0.856. The molecule has 0 spiro atoms. The summed E-state index contributed by atoms with van der Waals surface area (Å²) in [5.74, 6) is 0. The predicted molar refractivity (Wildman–Crippen MR) is 101 cm³/mol. The molecule has 4 nitrogen and oxygen atoms in total. The molecular formula is C17H23ClN2O2S2. The van der Waals surface area contributed by atoms with Crippen LogP contribution < -0.4 is 4.72 Å². The zero-order valence-electron chi connectivity index (χ0n) is 13.6. The van der Waals surface area contributed by atoms with Crippen LogP contribution in [0, 0.1) is 6.92 Å². The van der Waals surface area contributed by atoms with Crippen LogP contribution in [0.3, 0.4) is 0 Å². The minimum Gasteiger partial charge on any atom is -0.299 e. The number of nitrogens with zero attached hydrogens (tertiary/aromatic N) is 1. The Morgan fingerprint density at radius 1 is 1.12 bits per heavy atom. The number of hydrogen-bond acceptors (Lipinski definition) is 4. The van der Waals surface area contributed by atoms with Crippen LogP contribution in [0.4, 0.5) is 0 Å². The van der Waals surface area contributed by atoms with Gasteiger partial charge in [0.15, 0.2) is 0 Å². The second-order valence-electron chi connectivity index (χ2n) is 6.02. The van der Waals surface area contributed by atoms with Crippen molar-refractivity contribution in [2.45, 2.75) is 36.6 Å². The van der Waals surface area contributed by atoms with Gasteiger partial charge in [-0.2, -0.15) is 0 Å². The zero-order valence-corrected chi connectivity index (χ0v) is 16.1. The third kappa shape index (κ3) is 5.04. The van der Waals surface area contributed by atoms with Gasteiger partial charge in [0.05, 0.1) is 0 Å². The van der Waals surface area contributed by atoms with Gasteiger partial charge in [0.25, 0.3) is 0 Å². The Balaban J connectivity index is 0.00000208. The van der Waals surface area contributed by atoms with Gasteiger partial charge in [0.1, 0.15) is 4.21 Å². The van der Waals surface area contributed by atoms with Gasteiger partial charge in [0.2, 0.25) is 10.0 Å². The van der Waals surface area contributed by atoms with E-state index in [1.807, 2.05) is 19.1 Å². The molecule has 0 atom stereocenters. The second kappa shape index (κ2) is 8.45. The third-order valence-electron chi connectivity index (χ3n) is 4.14. The molecule has 0 bridgehead atoms. The fourth-order valence-corrected chi connectivity index (χ4v) is 5.49. The first-order valence-corrected chi connectivity index (χ1v) is 10.2. The summed E-state index contributed by atoms with van der Waals surface area (Å²) in [6.45, 7) is 4.70. The minimum absolute atomic E-state index is 0. The van der Waals surface area contributed by atoms with Crippen LogP contribution in [0.15, 0.2) is 46.7 Å². The molecular weight excluding hydrogens is 364 g/mol. The number of nitrogens with one attached hydrogen (secondary N) is 1. The summed E-state index contributed by atoms with van der Waals surface area (Å²) in [6.07, 6.45) is 1.72.